The first-order valence-electron chi connectivity index (χ1n) is 5.27. The second kappa shape index (κ2) is 12.7. The van der Waals surface area contributed by atoms with Crippen molar-refractivity contribution in [3.8, 4) is 0 Å². The fraction of sp³-hybridized carbons (Fsp3) is 0.800. The van der Waals surface area contributed by atoms with Gasteiger partial charge in [0.2, 0.25) is 0 Å². The molecule has 0 amide bonds. The number of aliphatic hydroxyl groups excluding tert-OH is 1. The SMILES string of the molecule is COC(=O)CCC(=O)[P+](=O)CCCCCO.[H-].[Na+]. The molecule has 0 heterocycles. The Balaban J connectivity index is -0.00000112. The van der Waals surface area contributed by atoms with Crippen molar-refractivity contribution >= 4 is 19.3 Å². The van der Waals surface area contributed by atoms with Gasteiger partial charge in [-0.25, -0.2) is 4.79 Å². The zero-order valence-corrected chi connectivity index (χ0v) is 13.4. The number of unbranched alkanes of at least 4 members (excludes halogenated alkanes) is 2. The minimum atomic E-state index is -1.87. The first kappa shape index (κ1) is 19.5. The molecule has 1 N–H and O–H groups in total. The van der Waals surface area contributed by atoms with Crippen LogP contribution in [0.4, 0.5) is 0 Å². The van der Waals surface area contributed by atoms with Crippen LogP contribution in [0.2, 0.25) is 0 Å². The van der Waals surface area contributed by atoms with Gasteiger partial charge in [-0.15, -0.1) is 0 Å². The monoisotopic (exact) mass is 273 g/mol. The Morgan fingerprint density at radius 3 is 2.41 bits per heavy atom. The van der Waals surface area contributed by atoms with E-state index in [0.29, 0.717) is 19.0 Å². The Kier molecular flexibility index (Phi) is 14.5. The second-order valence-corrected chi connectivity index (χ2v) is 5.06. The van der Waals surface area contributed by atoms with Crippen molar-refractivity contribution in [2.75, 3.05) is 19.9 Å². The molecule has 0 aromatic rings. The molecule has 0 saturated heterocycles. The van der Waals surface area contributed by atoms with Gasteiger partial charge in [-0.2, -0.15) is 0 Å². The van der Waals surface area contributed by atoms with Crippen molar-refractivity contribution in [2.45, 2.75) is 32.1 Å². The van der Waals surface area contributed by atoms with Crippen LogP contribution in [0.1, 0.15) is 33.5 Å². The normalized spacial score (nSPS) is 10.4. The van der Waals surface area contributed by atoms with Gasteiger partial charge in [0.05, 0.1) is 20.0 Å². The van der Waals surface area contributed by atoms with Crippen LogP contribution >= 0.6 is 7.80 Å². The van der Waals surface area contributed by atoms with Crippen LogP contribution in [0, 0.1) is 0 Å². The molecular formula is C10H19NaO5P+. The zero-order valence-electron chi connectivity index (χ0n) is 11.5. The van der Waals surface area contributed by atoms with Crippen molar-refractivity contribution in [2.24, 2.45) is 0 Å². The van der Waals surface area contributed by atoms with Crippen LogP contribution in [0.25, 0.3) is 0 Å². The van der Waals surface area contributed by atoms with E-state index in [-0.39, 0.29) is 56.0 Å². The number of hydrogen-bond donors (Lipinski definition) is 1. The molecule has 0 saturated carbocycles. The Bertz CT molecular complexity index is 263. The summed E-state index contributed by atoms with van der Waals surface area (Å²) in [5.74, 6) is -0.461. The third kappa shape index (κ3) is 11.0. The van der Waals surface area contributed by atoms with E-state index in [0.717, 1.165) is 6.42 Å². The van der Waals surface area contributed by atoms with E-state index < -0.39 is 13.8 Å². The maximum atomic E-state index is 11.4. The molecule has 1 unspecified atom stereocenters. The van der Waals surface area contributed by atoms with Gasteiger partial charge in [0.15, 0.2) is 6.16 Å². The molecule has 0 rings (SSSR count). The molecule has 0 radical (unpaired) electrons. The summed E-state index contributed by atoms with van der Waals surface area (Å²) in [6.45, 7) is 0.118. The zero-order chi connectivity index (χ0) is 12.4. The summed E-state index contributed by atoms with van der Waals surface area (Å²) < 4.78 is 15.8. The molecule has 5 nitrogen and oxygen atoms in total. The summed E-state index contributed by atoms with van der Waals surface area (Å²) >= 11 is 0. The Hall–Kier alpha value is 0.200. The molecule has 0 spiro atoms. The number of methoxy groups -OCH3 is 1. The van der Waals surface area contributed by atoms with E-state index in [9.17, 15) is 14.2 Å². The van der Waals surface area contributed by atoms with Gasteiger partial charge >= 0.3 is 48.9 Å². The standard InChI is InChI=1S/C10H18O5P.Na.H/c1-15-9(12)5-6-10(13)16(14)8-4-2-3-7-11;;/h11H,2-8H2,1H3;;/q2*+1;-1. The van der Waals surface area contributed by atoms with E-state index >= 15 is 0 Å². The molecule has 1 atom stereocenters. The number of hydrogen-bond acceptors (Lipinski definition) is 5. The van der Waals surface area contributed by atoms with Crippen LogP contribution < -0.4 is 29.6 Å². The second-order valence-electron chi connectivity index (χ2n) is 3.36. The fourth-order valence-electron chi connectivity index (χ4n) is 1.10. The third-order valence-corrected chi connectivity index (χ3v) is 3.57. The first-order valence-corrected chi connectivity index (χ1v) is 6.71. The predicted molar refractivity (Wildman–Crippen MR) is 60.8 cm³/mol. The van der Waals surface area contributed by atoms with Gasteiger partial charge < -0.3 is 11.3 Å². The average Bonchev–Trinajstić information content (AvgIpc) is 2.30. The molecule has 94 valence electrons. The molecule has 0 aliphatic carbocycles. The minimum Gasteiger partial charge on any atom is -1.00 e. The van der Waals surface area contributed by atoms with Gasteiger partial charge in [0.1, 0.15) is 0 Å². The van der Waals surface area contributed by atoms with Gasteiger partial charge in [-0.1, -0.05) is 4.57 Å². The smallest absolute Gasteiger partial charge is 1.00 e. The maximum absolute atomic E-state index is 11.4. The summed E-state index contributed by atoms with van der Waals surface area (Å²) in [6.07, 6.45) is 2.42. The molecule has 0 fully saturated rings. The van der Waals surface area contributed by atoms with Gasteiger partial charge in [0.25, 0.3) is 0 Å². The first-order chi connectivity index (χ1) is 7.61. The van der Waals surface area contributed by atoms with Crippen molar-refractivity contribution in [1.82, 2.24) is 0 Å². The summed E-state index contributed by atoms with van der Waals surface area (Å²) in [7, 11) is -0.621. The van der Waals surface area contributed by atoms with Crippen LogP contribution in [0.3, 0.4) is 0 Å². The van der Waals surface area contributed by atoms with Crippen LogP contribution in [0.15, 0.2) is 0 Å². The van der Waals surface area contributed by atoms with Crippen molar-refractivity contribution in [3.63, 3.8) is 0 Å². The predicted octanol–water partition coefficient (Wildman–Crippen LogP) is -1.43. The van der Waals surface area contributed by atoms with E-state index in [1.165, 1.54) is 7.11 Å². The van der Waals surface area contributed by atoms with Crippen molar-refractivity contribution in [1.29, 1.82) is 0 Å². The molecular weight excluding hydrogens is 254 g/mol. The van der Waals surface area contributed by atoms with E-state index in [1.54, 1.807) is 0 Å². The molecule has 0 bridgehead atoms. The Labute approximate surface area is 126 Å². The average molecular weight is 273 g/mol. The van der Waals surface area contributed by atoms with Gasteiger partial charge in [-0.05, 0) is 19.3 Å². The molecule has 17 heavy (non-hydrogen) atoms. The Morgan fingerprint density at radius 1 is 1.24 bits per heavy atom. The fourth-order valence-corrected chi connectivity index (χ4v) is 2.23. The molecule has 7 heteroatoms. The van der Waals surface area contributed by atoms with Crippen molar-refractivity contribution in [3.05, 3.63) is 0 Å². The summed E-state index contributed by atoms with van der Waals surface area (Å²) in [5.41, 5.74) is -0.371. The minimum absolute atomic E-state index is 0. The molecule has 0 aliphatic heterocycles. The van der Waals surface area contributed by atoms with E-state index in [4.69, 9.17) is 5.11 Å². The largest absolute Gasteiger partial charge is 1.00 e. The van der Waals surface area contributed by atoms with E-state index in [2.05, 4.69) is 4.74 Å². The maximum Gasteiger partial charge on any atom is 1.00 e. The number of aliphatic hydroxyl groups is 1. The van der Waals surface area contributed by atoms with Gasteiger partial charge in [0, 0.05) is 6.61 Å². The summed E-state index contributed by atoms with van der Waals surface area (Å²) in [5, 5.41) is 8.52. The molecule has 0 aromatic carbocycles. The number of carbonyl (C=O) groups excluding carboxylic acids is 2. The van der Waals surface area contributed by atoms with Crippen molar-refractivity contribution < 1.29 is 55.0 Å². The van der Waals surface area contributed by atoms with Crippen LogP contribution in [-0.2, 0) is 18.9 Å². The number of carbonyl (C=O) groups is 2. The third-order valence-electron chi connectivity index (χ3n) is 2.07. The Morgan fingerprint density at radius 2 is 1.88 bits per heavy atom. The molecule has 0 aliphatic rings. The quantitative estimate of drug-likeness (QED) is 0.241. The van der Waals surface area contributed by atoms with Crippen LogP contribution in [0.5, 0.6) is 0 Å². The number of esters is 1. The molecule has 0 aromatic heterocycles. The van der Waals surface area contributed by atoms with Crippen LogP contribution in [-0.4, -0.2) is 36.5 Å². The van der Waals surface area contributed by atoms with E-state index in [1.807, 2.05) is 0 Å². The summed E-state index contributed by atoms with van der Waals surface area (Å²) in [4.78, 5) is 22.0. The topological polar surface area (TPSA) is 80.7 Å². The van der Waals surface area contributed by atoms with Gasteiger partial charge in [-0.3, -0.25) is 4.79 Å². The number of ether oxygens (including phenoxy) is 1. The summed E-state index contributed by atoms with van der Waals surface area (Å²) in [6, 6.07) is 0. The number of rotatable bonds is 9.